The molecule has 0 saturated carbocycles. The summed E-state index contributed by atoms with van der Waals surface area (Å²) in [6.07, 6.45) is 1.66. The Morgan fingerprint density at radius 1 is 1.28 bits per heavy atom. The van der Waals surface area contributed by atoms with Crippen LogP contribution in [0, 0.1) is 6.92 Å². The van der Waals surface area contributed by atoms with E-state index in [9.17, 15) is 0 Å². The molecule has 3 rings (SSSR count). The summed E-state index contributed by atoms with van der Waals surface area (Å²) in [4.78, 5) is 9.00. The molecule has 0 aliphatic rings. The standard InChI is InChI=1S/C13H12ClN3O/c1-9-4-5-11-13(15-9)17(12(7-14)16-11)8-10-3-2-6-18-10/h2-6H,7-8H2,1H3. The van der Waals surface area contributed by atoms with Gasteiger partial charge >= 0.3 is 0 Å². The van der Waals surface area contributed by atoms with Gasteiger partial charge < -0.3 is 8.98 Å². The molecule has 5 heteroatoms. The summed E-state index contributed by atoms with van der Waals surface area (Å²) in [6.45, 7) is 2.56. The minimum absolute atomic E-state index is 0.357. The number of rotatable bonds is 3. The molecule has 0 amide bonds. The van der Waals surface area contributed by atoms with Crippen molar-refractivity contribution < 1.29 is 4.42 Å². The van der Waals surface area contributed by atoms with E-state index in [0.29, 0.717) is 12.4 Å². The number of pyridine rings is 1. The van der Waals surface area contributed by atoms with Crippen LogP contribution in [0.5, 0.6) is 0 Å². The number of imidazole rings is 1. The van der Waals surface area contributed by atoms with Crippen LogP contribution in [0.15, 0.2) is 34.9 Å². The molecule has 0 saturated heterocycles. The summed E-state index contributed by atoms with van der Waals surface area (Å²) in [5.41, 5.74) is 2.68. The number of halogens is 1. The van der Waals surface area contributed by atoms with Gasteiger partial charge in [0.25, 0.3) is 0 Å². The summed E-state index contributed by atoms with van der Waals surface area (Å²) >= 11 is 5.94. The third-order valence-electron chi connectivity index (χ3n) is 2.82. The summed E-state index contributed by atoms with van der Waals surface area (Å²) in [7, 11) is 0. The van der Waals surface area contributed by atoms with Gasteiger partial charge in [-0.25, -0.2) is 9.97 Å². The quantitative estimate of drug-likeness (QED) is 0.681. The van der Waals surface area contributed by atoms with Crippen molar-refractivity contribution >= 4 is 22.8 Å². The Balaban J connectivity index is 2.15. The average molecular weight is 262 g/mol. The zero-order valence-electron chi connectivity index (χ0n) is 9.93. The van der Waals surface area contributed by atoms with Crippen LogP contribution in [0.25, 0.3) is 11.2 Å². The molecule has 0 bridgehead atoms. The summed E-state index contributed by atoms with van der Waals surface area (Å²) in [5, 5.41) is 0. The largest absolute Gasteiger partial charge is 0.467 e. The van der Waals surface area contributed by atoms with Crippen LogP contribution in [0.4, 0.5) is 0 Å². The number of fused-ring (bicyclic) bond motifs is 1. The molecule has 0 radical (unpaired) electrons. The first kappa shape index (κ1) is 11.3. The predicted molar refractivity (Wildman–Crippen MR) is 69.6 cm³/mol. The first-order valence-electron chi connectivity index (χ1n) is 5.69. The van der Waals surface area contributed by atoms with E-state index in [1.807, 2.05) is 35.8 Å². The summed E-state index contributed by atoms with van der Waals surface area (Å²) < 4.78 is 7.36. The summed E-state index contributed by atoms with van der Waals surface area (Å²) in [6, 6.07) is 7.71. The van der Waals surface area contributed by atoms with Crippen molar-refractivity contribution in [2.24, 2.45) is 0 Å². The molecule has 0 fully saturated rings. The molecule has 0 unspecified atom stereocenters. The second kappa shape index (κ2) is 4.46. The first-order chi connectivity index (χ1) is 8.78. The first-order valence-corrected chi connectivity index (χ1v) is 6.22. The number of hydrogen-bond acceptors (Lipinski definition) is 3. The monoisotopic (exact) mass is 261 g/mol. The Hall–Kier alpha value is -1.81. The van der Waals surface area contributed by atoms with Crippen LogP contribution < -0.4 is 0 Å². The van der Waals surface area contributed by atoms with Crippen molar-refractivity contribution in [1.82, 2.24) is 14.5 Å². The summed E-state index contributed by atoms with van der Waals surface area (Å²) in [5.74, 6) is 2.03. The fourth-order valence-electron chi connectivity index (χ4n) is 1.97. The van der Waals surface area contributed by atoms with Crippen molar-refractivity contribution in [3.05, 3.63) is 47.8 Å². The molecule has 3 aromatic rings. The lowest BCUT2D eigenvalue weighted by Gasteiger charge is -2.04. The molecular formula is C13H12ClN3O. The van der Waals surface area contributed by atoms with Gasteiger partial charge in [0.1, 0.15) is 17.1 Å². The number of aromatic nitrogens is 3. The lowest BCUT2D eigenvalue weighted by atomic mass is 10.3. The van der Waals surface area contributed by atoms with Gasteiger partial charge in [0.2, 0.25) is 0 Å². The van der Waals surface area contributed by atoms with Crippen molar-refractivity contribution in [1.29, 1.82) is 0 Å². The van der Waals surface area contributed by atoms with Crippen molar-refractivity contribution in [2.75, 3.05) is 0 Å². The average Bonchev–Trinajstić information content (AvgIpc) is 2.98. The Kier molecular flexibility index (Phi) is 2.80. The molecule has 0 atom stereocenters. The number of aryl methyl sites for hydroxylation is 1. The van der Waals surface area contributed by atoms with E-state index in [1.165, 1.54) is 0 Å². The molecule has 4 nitrogen and oxygen atoms in total. The van der Waals surface area contributed by atoms with Gasteiger partial charge in [-0.2, -0.15) is 0 Å². The highest BCUT2D eigenvalue weighted by molar-refractivity contribution is 6.16. The molecule has 0 spiro atoms. The van der Waals surface area contributed by atoms with Gasteiger partial charge in [0.05, 0.1) is 18.7 Å². The highest BCUT2D eigenvalue weighted by Gasteiger charge is 2.12. The SMILES string of the molecule is Cc1ccc2nc(CCl)n(Cc3ccco3)c2n1. The molecule has 0 aromatic carbocycles. The number of nitrogens with zero attached hydrogens (tertiary/aromatic N) is 3. The topological polar surface area (TPSA) is 43.9 Å². The Labute approximate surface area is 109 Å². The van der Waals surface area contributed by atoms with E-state index >= 15 is 0 Å². The molecule has 92 valence electrons. The molecule has 3 heterocycles. The van der Waals surface area contributed by atoms with Crippen LogP contribution in [0.2, 0.25) is 0 Å². The van der Waals surface area contributed by atoms with Crippen LogP contribution in [0.3, 0.4) is 0 Å². The van der Waals surface area contributed by atoms with E-state index in [4.69, 9.17) is 16.0 Å². The number of alkyl halides is 1. The van der Waals surface area contributed by atoms with Crippen molar-refractivity contribution in [3.8, 4) is 0 Å². The Morgan fingerprint density at radius 2 is 2.17 bits per heavy atom. The van der Waals surface area contributed by atoms with Gasteiger partial charge in [-0.05, 0) is 31.2 Å². The van der Waals surface area contributed by atoms with Gasteiger partial charge in [0, 0.05) is 5.69 Å². The Bertz CT molecular complexity index is 673. The maximum atomic E-state index is 5.94. The zero-order chi connectivity index (χ0) is 12.5. The fourth-order valence-corrected chi connectivity index (χ4v) is 2.17. The molecular weight excluding hydrogens is 250 g/mol. The normalized spacial score (nSPS) is 11.2. The Morgan fingerprint density at radius 3 is 2.89 bits per heavy atom. The van der Waals surface area contributed by atoms with Gasteiger partial charge in [-0.3, -0.25) is 0 Å². The smallest absolute Gasteiger partial charge is 0.160 e. The second-order valence-electron chi connectivity index (χ2n) is 4.12. The third kappa shape index (κ3) is 1.88. The number of furan rings is 1. The van der Waals surface area contributed by atoms with Crippen LogP contribution in [0.1, 0.15) is 17.3 Å². The zero-order valence-corrected chi connectivity index (χ0v) is 10.7. The van der Waals surface area contributed by atoms with E-state index in [0.717, 1.165) is 28.4 Å². The van der Waals surface area contributed by atoms with Crippen LogP contribution >= 0.6 is 11.6 Å². The van der Waals surface area contributed by atoms with Crippen molar-refractivity contribution in [3.63, 3.8) is 0 Å². The van der Waals surface area contributed by atoms with Gasteiger partial charge in [-0.1, -0.05) is 0 Å². The third-order valence-corrected chi connectivity index (χ3v) is 3.06. The predicted octanol–water partition coefficient (Wildman–Crippen LogP) is 3.12. The maximum Gasteiger partial charge on any atom is 0.160 e. The minimum atomic E-state index is 0.357. The molecule has 3 aromatic heterocycles. The van der Waals surface area contributed by atoms with E-state index in [-0.39, 0.29) is 0 Å². The van der Waals surface area contributed by atoms with Gasteiger partial charge in [0.15, 0.2) is 5.65 Å². The van der Waals surface area contributed by atoms with Gasteiger partial charge in [-0.15, -0.1) is 11.6 Å². The molecule has 18 heavy (non-hydrogen) atoms. The van der Waals surface area contributed by atoms with Crippen LogP contribution in [-0.4, -0.2) is 14.5 Å². The van der Waals surface area contributed by atoms with E-state index < -0.39 is 0 Å². The fraction of sp³-hybridized carbons (Fsp3) is 0.231. The van der Waals surface area contributed by atoms with Crippen LogP contribution in [-0.2, 0) is 12.4 Å². The maximum absolute atomic E-state index is 5.94. The minimum Gasteiger partial charge on any atom is -0.467 e. The lowest BCUT2D eigenvalue weighted by Crippen LogP contribution is -2.04. The molecule has 0 aliphatic heterocycles. The lowest BCUT2D eigenvalue weighted by molar-refractivity contribution is 0.492. The highest BCUT2D eigenvalue weighted by atomic mass is 35.5. The molecule has 0 aliphatic carbocycles. The van der Waals surface area contributed by atoms with Crippen molar-refractivity contribution in [2.45, 2.75) is 19.3 Å². The highest BCUT2D eigenvalue weighted by Crippen LogP contribution is 2.18. The second-order valence-corrected chi connectivity index (χ2v) is 4.39. The van der Waals surface area contributed by atoms with E-state index in [1.54, 1.807) is 6.26 Å². The molecule has 0 N–H and O–H groups in total. The number of hydrogen-bond donors (Lipinski definition) is 0. The van der Waals surface area contributed by atoms with E-state index in [2.05, 4.69) is 9.97 Å².